The Balaban J connectivity index is 1.26. The second-order valence-corrected chi connectivity index (χ2v) is 12.3. The van der Waals surface area contributed by atoms with Gasteiger partial charge >= 0.3 is 0 Å². The third kappa shape index (κ3) is 5.08. The average molecular weight is 540 g/mol. The normalized spacial score (nSPS) is 22.6. The fourth-order valence-electron chi connectivity index (χ4n) is 7.57. The van der Waals surface area contributed by atoms with Crippen molar-refractivity contribution in [3.05, 3.63) is 64.1 Å². The van der Waals surface area contributed by atoms with E-state index in [1.165, 1.54) is 72.1 Å². The molecule has 40 heavy (non-hydrogen) atoms. The third-order valence-corrected chi connectivity index (χ3v) is 10.2. The van der Waals surface area contributed by atoms with Gasteiger partial charge in [0.05, 0.1) is 5.69 Å². The monoisotopic (exact) mass is 539 g/mol. The Bertz CT molecular complexity index is 1350. The number of rotatable bonds is 5. The number of ether oxygens (including phenoxy) is 2. The first-order chi connectivity index (χ1) is 19.5. The van der Waals surface area contributed by atoms with Crippen LogP contribution in [0.1, 0.15) is 102 Å². The molecule has 3 heterocycles. The Labute approximate surface area is 240 Å². The van der Waals surface area contributed by atoms with Crippen molar-refractivity contribution in [3.63, 3.8) is 0 Å². The number of fused-ring (bicyclic) bond motifs is 2. The number of benzene rings is 1. The van der Waals surface area contributed by atoms with Crippen LogP contribution in [0.15, 0.2) is 47.3 Å². The summed E-state index contributed by atoms with van der Waals surface area (Å²) < 4.78 is 11.3. The minimum atomic E-state index is 0.288. The van der Waals surface area contributed by atoms with Crippen molar-refractivity contribution in [2.75, 3.05) is 24.8 Å². The van der Waals surface area contributed by atoms with Crippen LogP contribution in [-0.2, 0) is 6.42 Å². The number of aryl methyl sites for hydroxylation is 1. The summed E-state index contributed by atoms with van der Waals surface area (Å²) in [6, 6.07) is 6.49. The quantitative estimate of drug-likeness (QED) is 0.356. The van der Waals surface area contributed by atoms with Crippen LogP contribution in [0, 0.1) is 11.3 Å². The number of aromatic nitrogens is 2. The van der Waals surface area contributed by atoms with Crippen LogP contribution in [0.3, 0.4) is 0 Å². The predicted molar refractivity (Wildman–Crippen MR) is 164 cm³/mol. The molecule has 0 spiro atoms. The number of anilines is 1. The highest BCUT2D eigenvalue weighted by atomic mass is 16.7. The molecule has 6 rings (SSSR count). The summed E-state index contributed by atoms with van der Waals surface area (Å²) in [6.07, 6.45) is 18.5. The molecule has 0 amide bonds. The Morgan fingerprint density at radius 2 is 1.75 bits per heavy atom. The van der Waals surface area contributed by atoms with E-state index in [9.17, 15) is 0 Å². The largest absolute Gasteiger partial charge is 0.454 e. The molecule has 212 valence electrons. The number of allylic oxidation sites excluding steroid dienone is 5. The number of piperidine rings is 1. The predicted octanol–water partition coefficient (Wildman–Crippen LogP) is 8.55. The first kappa shape index (κ1) is 27.1. The van der Waals surface area contributed by atoms with E-state index in [0.717, 1.165) is 56.1 Å². The van der Waals surface area contributed by atoms with Crippen molar-refractivity contribution in [2.45, 2.75) is 91.9 Å². The van der Waals surface area contributed by atoms with Gasteiger partial charge < -0.3 is 14.4 Å². The lowest BCUT2D eigenvalue weighted by Crippen LogP contribution is -2.42. The summed E-state index contributed by atoms with van der Waals surface area (Å²) in [5.74, 6) is 3.37. The Morgan fingerprint density at radius 3 is 2.55 bits per heavy atom. The second-order valence-electron chi connectivity index (χ2n) is 12.3. The second kappa shape index (κ2) is 11.4. The molecule has 1 aromatic carbocycles. The summed E-state index contributed by atoms with van der Waals surface area (Å²) in [5.41, 5.74) is 10.3. The number of hydrogen-bond donors (Lipinski definition) is 0. The van der Waals surface area contributed by atoms with Gasteiger partial charge in [0.2, 0.25) is 6.79 Å². The zero-order valence-electron chi connectivity index (χ0n) is 24.9. The average Bonchev–Trinajstić information content (AvgIpc) is 3.35. The molecule has 5 nitrogen and oxygen atoms in total. The van der Waals surface area contributed by atoms with E-state index in [1.54, 1.807) is 11.9 Å². The fraction of sp³-hybridized carbons (Fsp3) is 0.543. The van der Waals surface area contributed by atoms with Gasteiger partial charge in [0.15, 0.2) is 11.5 Å². The van der Waals surface area contributed by atoms with Crippen molar-refractivity contribution in [1.29, 1.82) is 0 Å². The molecule has 2 aliphatic carbocycles. The van der Waals surface area contributed by atoms with Gasteiger partial charge in [0.25, 0.3) is 0 Å². The maximum atomic E-state index is 5.71. The van der Waals surface area contributed by atoms with Crippen LogP contribution >= 0.6 is 0 Å². The van der Waals surface area contributed by atoms with Crippen molar-refractivity contribution >= 4 is 17.5 Å². The van der Waals surface area contributed by atoms with Gasteiger partial charge in [-0.1, -0.05) is 48.8 Å². The highest BCUT2D eigenvalue weighted by molar-refractivity contribution is 5.72. The van der Waals surface area contributed by atoms with E-state index < -0.39 is 0 Å². The van der Waals surface area contributed by atoms with Crippen LogP contribution in [0.2, 0.25) is 0 Å². The highest BCUT2D eigenvalue weighted by Gasteiger charge is 2.38. The third-order valence-electron chi connectivity index (χ3n) is 10.2. The Kier molecular flexibility index (Phi) is 7.74. The van der Waals surface area contributed by atoms with Crippen LogP contribution < -0.4 is 14.4 Å². The van der Waals surface area contributed by atoms with Gasteiger partial charge in [0, 0.05) is 18.7 Å². The van der Waals surface area contributed by atoms with Gasteiger partial charge in [-0.05, 0) is 113 Å². The molecule has 2 aromatic rings. The molecule has 2 aliphatic heterocycles. The Morgan fingerprint density at radius 1 is 0.950 bits per heavy atom. The minimum absolute atomic E-state index is 0.288. The molecule has 4 aliphatic rings. The zero-order valence-corrected chi connectivity index (χ0v) is 24.9. The fourth-order valence-corrected chi connectivity index (χ4v) is 7.57. The summed E-state index contributed by atoms with van der Waals surface area (Å²) in [4.78, 5) is 12.0. The van der Waals surface area contributed by atoms with Crippen LogP contribution in [0.4, 0.5) is 5.82 Å². The number of nitrogens with zero attached hydrogens (tertiary/aromatic N) is 3. The molecular weight excluding hydrogens is 494 g/mol. The van der Waals surface area contributed by atoms with E-state index in [4.69, 9.17) is 14.5 Å². The van der Waals surface area contributed by atoms with Crippen molar-refractivity contribution < 1.29 is 9.47 Å². The van der Waals surface area contributed by atoms with Crippen LogP contribution in [-0.4, -0.2) is 29.9 Å². The van der Waals surface area contributed by atoms with Crippen molar-refractivity contribution in [1.82, 2.24) is 9.97 Å². The molecule has 0 saturated carbocycles. The lowest BCUT2D eigenvalue weighted by molar-refractivity contribution is 0.174. The van der Waals surface area contributed by atoms with Crippen LogP contribution in [0.5, 0.6) is 11.5 Å². The SMILES string of the molecule is CCC1C=C(C2(CC)CCN(c3ncnc4c3C=C(C)CCC4)CC2)CCCC(c2ccc3c(c2)OCO3)=C1C. The van der Waals surface area contributed by atoms with E-state index in [1.807, 2.05) is 0 Å². The summed E-state index contributed by atoms with van der Waals surface area (Å²) >= 11 is 0. The summed E-state index contributed by atoms with van der Waals surface area (Å²) in [5, 5.41) is 0. The lowest BCUT2D eigenvalue weighted by atomic mass is 9.67. The molecule has 1 saturated heterocycles. The Hall–Kier alpha value is -3.08. The smallest absolute Gasteiger partial charge is 0.231 e. The van der Waals surface area contributed by atoms with Gasteiger partial charge in [-0.25, -0.2) is 9.97 Å². The van der Waals surface area contributed by atoms with Gasteiger partial charge in [0.1, 0.15) is 12.1 Å². The molecule has 1 fully saturated rings. The zero-order chi connectivity index (χ0) is 27.7. The van der Waals surface area contributed by atoms with Gasteiger partial charge in [-0.15, -0.1) is 0 Å². The van der Waals surface area contributed by atoms with E-state index in [0.29, 0.717) is 12.7 Å². The molecule has 0 N–H and O–H groups in total. The molecule has 1 atom stereocenters. The first-order valence-corrected chi connectivity index (χ1v) is 15.6. The minimum Gasteiger partial charge on any atom is -0.454 e. The van der Waals surface area contributed by atoms with Gasteiger partial charge in [-0.2, -0.15) is 0 Å². The summed E-state index contributed by atoms with van der Waals surface area (Å²) in [7, 11) is 0. The van der Waals surface area contributed by atoms with E-state index in [-0.39, 0.29) is 5.41 Å². The maximum absolute atomic E-state index is 5.71. The summed E-state index contributed by atoms with van der Waals surface area (Å²) in [6.45, 7) is 11.8. The molecule has 1 aromatic heterocycles. The standard InChI is InChI=1S/C35H45N3O2/c1-5-26-20-28(10-8-11-29(25(26)4)27-13-14-32-33(21-27)40-23-39-32)35(6-2)15-17-38(18-16-35)34-30-19-24(3)9-7-12-31(30)36-22-37-34/h13-14,19-22,26H,5-12,15-18,23H2,1-4H3. The highest BCUT2D eigenvalue weighted by Crippen LogP contribution is 2.48. The molecule has 0 bridgehead atoms. The number of hydrogen-bond acceptors (Lipinski definition) is 5. The molecular formula is C35H45N3O2. The van der Waals surface area contributed by atoms with Crippen LogP contribution in [0.25, 0.3) is 11.6 Å². The van der Waals surface area contributed by atoms with E-state index >= 15 is 0 Å². The first-order valence-electron chi connectivity index (χ1n) is 15.6. The maximum Gasteiger partial charge on any atom is 0.231 e. The van der Waals surface area contributed by atoms with Gasteiger partial charge in [-0.3, -0.25) is 0 Å². The van der Waals surface area contributed by atoms with Crippen molar-refractivity contribution in [3.8, 4) is 11.5 Å². The topological polar surface area (TPSA) is 47.5 Å². The molecule has 5 heteroatoms. The molecule has 0 radical (unpaired) electrons. The molecule has 1 unspecified atom stereocenters. The van der Waals surface area contributed by atoms with Crippen molar-refractivity contribution in [2.24, 2.45) is 11.3 Å². The lowest BCUT2D eigenvalue weighted by Gasteiger charge is -2.45. The van der Waals surface area contributed by atoms with E-state index in [2.05, 4.69) is 67.9 Å².